The summed E-state index contributed by atoms with van der Waals surface area (Å²) in [5, 5.41) is 1.39. The minimum Gasteiger partial charge on any atom is -0.464 e. The van der Waals surface area contributed by atoms with Crippen molar-refractivity contribution in [2.45, 2.75) is 13.3 Å². The Morgan fingerprint density at radius 1 is 1.20 bits per heavy atom. The van der Waals surface area contributed by atoms with Crippen LogP contribution in [0.15, 0.2) is 51.6 Å². The van der Waals surface area contributed by atoms with Crippen molar-refractivity contribution in [3.63, 3.8) is 0 Å². The molecule has 0 aliphatic rings. The third-order valence-corrected chi connectivity index (χ3v) is 4.82. The minimum atomic E-state index is -0.406. The van der Waals surface area contributed by atoms with Gasteiger partial charge >= 0.3 is 0 Å². The molecule has 0 saturated heterocycles. The van der Waals surface area contributed by atoms with E-state index in [4.69, 9.17) is 16.0 Å². The van der Waals surface area contributed by atoms with Crippen LogP contribution in [0.2, 0.25) is 5.02 Å². The summed E-state index contributed by atoms with van der Waals surface area (Å²) in [7, 11) is 0. The van der Waals surface area contributed by atoms with Crippen LogP contribution in [0.4, 0.5) is 0 Å². The summed E-state index contributed by atoms with van der Waals surface area (Å²) in [5.74, 6) is -0.767. The van der Waals surface area contributed by atoms with Gasteiger partial charge in [0.05, 0.1) is 18.2 Å². The van der Waals surface area contributed by atoms with Gasteiger partial charge in [0.15, 0.2) is 0 Å². The largest absolute Gasteiger partial charge is 0.464 e. The molecule has 0 bridgehead atoms. The van der Waals surface area contributed by atoms with Gasteiger partial charge in [-0.15, -0.1) is 0 Å². The highest BCUT2D eigenvalue weighted by molar-refractivity contribution is 9.10. The predicted octanol–water partition coefficient (Wildman–Crippen LogP) is 4.16. The van der Waals surface area contributed by atoms with Crippen molar-refractivity contribution in [2.75, 3.05) is 0 Å². The normalized spacial score (nSPS) is 10.7. The Morgan fingerprint density at radius 2 is 1.96 bits per heavy atom. The Hall–Kier alpha value is -2.31. The first-order chi connectivity index (χ1) is 12.0. The van der Waals surface area contributed by atoms with Crippen molar-refractivity contribution < 1.29 is 14.0 Å². The van der Waals surface area contributed by atoms with Gasteiger partial charge in [-0.3, -0.25) is 20.4 Å². The SMILES string of the molecule is Cc1cc2occ(CC(=O)NNC(=O)c3ccccc3Br)c2cc1Cl. The second kappa shape index (κ2) is 7.29. The van der Waals surface area contributed by atoms with Gasteiger partial charge in [0, 0.05) is 20.4 Å². The number of hydrogen-bond acceptors (Lipinski definition) is 3. The van der Waals surface area contributed by atoms with E-state index in [1.807, 2.05) is 13.0 Å². The molecule has 2 N–H and O–H groups in total. The predicted molar refractivity (Wildman–Crippen MR) is 99.4 cm³/mol. The number of nitrogens with one attached hydrogen (secondary N) is 2. The molecule has 0 spiro atoms. The van der Waals surface area contributed by atoms with Crippen LogP contribution in [0.5, 0.6) is 0 Å². The first kappa shape index (κ1) is 17.5. The number of fused-ring (bicyclic) bond motifs is 1. The van der Waals surface area contributed by atoms with Gasteiger partial charge in [-0.2, -0.15) is 0 Å². The maximum absolute atomic E-state index is 12.1. The first-order valence-electron chi connectivity index (χ1n) is 7.45. The molecule has 3 aromatic rings. The lowest BCUT2D eigenvalue weighted by Gasteiger charge is -2.08. The lowest BCUT2D eigenvalue weighted by Crippen LogP contribution is -2.42. The lowest BCUT2D eigenvalue weighted by molar-refractivity contribution is -0.121. The highest BCUT2D eigenvalue weighted by Crippen LogP contribution is 2.27. The Morgan fingerprint density at radius 3 is 2.72 bits per heavy atom. The number of rotatable bonds is 3. The molecule has 1 aromatic heterocycles. The number of hydrogen-bond donors (Lipinski definition) is 2. The van der Waals surface area contributed by atoms with Crippen LogP contribution in [0.3, 0.4) is 0 Å². The number of hydrazine groups is 1. The smallest absolute Gasteiger partial charge is 0.270 e. The maximum Gasteiger partial charge on any atom is 0.270 e. The quantitative estimate of drug-likeness (QED) is 0.624. The Balaban J connectivity index is 1.66. The fourth-order valence-corrected chi connectivity index (χ4v) is 3.02. The molecule has 7 heteroatoms. The van der Waals surface area contributed by atoms with E-state index in [1.54, 1.807) is 30.3 Å². The minimum absolute atomic E-state index is 0.0582. The molecule has 2 amide bonds. The van der Waals surface area contributed by atoms with E-state index in [9.17, 15) is 9.59 Å². The molecule has 0 unspecified atom stereocenters. The molecule has 0 saturated carbocycles. The highest BCUT2D eigenvalue weighted by Gasteiger charge is 2.14. The topological polar surface area (TPSA) is 71.3 Å². The number of halogens is 2. The zero-order valence-electron chi connectivity index (χ0n) is 13.2. The molecule has 5 nitrogen and oxygen atoms in total. The summed E-state index contributed by atoms with van der Waals surface area (Å²) >= 11 is 9.43. The number of furan rings is 1. The van der Waals surface area contributed by atoms with Crippen LogP contribution >= 0.6 is 27.5 Å². The van der Waals surface area contributed by atoms with Crippen LogP contribution in [-0.4, -0.2) is 11.8 Å². The Kier molecular flexibility index (Phi) is 5.11. The van der Waals surface area contributed by atoms with E-state index in [0.717, 1.165) is 10.9 Å². The number of benzene rings is 2. The molecule has 25 heavy (non-hydrogen) atoms. The summed E-state index contributed by atoms with van der Waals surface area (Å²) in [5.41, 5.74) is 7.50. The molecule has 0 aliphatic carbocycles. The fourth-order valence-electron chi connectivity index (χ4n) is 2.39. The van der Waals surface area contributed by atoms with Crippen LogP contribution < -0.4 is 10.9 Å². The van der Waals surface area contributed by atoms with Crippen molar-refractivity contribution >= 4 is 50.3 Å². The maximum atomic E-state index is 12.1. The van der Waals surface area contributed by atoms with Gasteiger partial charge in [-0.1, -0.05) is 23.7 Å². The Labute approximate surface area is 157 Å². The molecule has 0 radical (unpaired) electrons. The summed E-state index contributed by atoms with van der Waals surface area (Å²) in [6, 6.07) is 10.5. The van der Waals surface area contributed by atoms with E-state index in [-0.39, 0.29) is 12.3 Å². The van der Waals surface area contributed by atoms with E-state index in [1.165, 1.54) is 6.26 Å². The van der Waals surface area contributed by atoms with Gasteiger partial charge in [-0.25, -0.2) is 0 Å². The summed E-state index contributed by atoms with van der Waals surface area (Å²) in [6.07, 6.45) is 1.58. The van der Waals surface area contributed by atoms with Crippen LogP contribution in [0.1, 0.15) is 21.5 Å². The van der Waals surface area contributed by atoms with Crippen LogP contribution in [-0.2, 0) is 11.2 Å². The third-order valence-electron chi connectivity index (χ3n) is 3.72. The molecular formula is C18H14BrClN2O3. The zero-order valence-corrected chi connectivity index (χ0v) is 15.6. The van der Waals surface area contributed by atoms with Crippen molar-refractivity contribution in [2.24, 2.45) is 0 Å². The molecule has 128 valence electrons. The van der Waals surface area contributed by atoms with Gasteiger partial charge in [-0.05, 0) is 52.7 Å². The zero-order chi connectivity index (χ0) is 18.0. The number of carbonyl (C=O) groups is 2. The molecule has 0 atom stereocenters. The fraction of sp³-hybridized carbons (Fsp3) is 0.111. The second-order valence-electron chi connectivity index (χ2n) is 5.52. The summed E-state index contributed by atoms with van der Waals surface area (Å²) in [4.78, 5) is 24.2. The third kappa shape index (κ3) is 3.86. The molecule has 1 heterocycles. The lowest BCUT2D eigenvalue weighted by atomic mass is 10.1. The van der Waals surface area contributed by atoms with Gasteiger partial charge in [0.1, 0.15) is 5.58 Å². The summed E-state index contributed by atoms with van der Waals surface area (Å²) < 4.78 is 6.11. The number of aryl methyl sites for hydroxylation is 1. The average molecular weight is 422 g/mol. The van der Waals surface area contributed by atoms with Gasteiger partial charge in [0.2, 0.25) is 5.91 Å². The van der Waals surface area contributed by atoms with E-state index in [0.29, 0.717) is 26.2 Å². The van der Waals surface area contributed by atoms with Crippen molar-refractivity contribution in [1.82, 2.24) is 10.9 Å². The first-order valence-corrected chi connectivity index (χ1v) is 8.62. The van der Waals surface area contributed by atoms with Crippen molar-refractivity contribution in [3.8, 4) is 0 Å². The van der Waals surface area contributed by atoms with E-state index < -0.39 is 5.91 Å². The second-order valence-corrected chi connectivity index (χ2v) is 6.78. The standard InChI is InChI=1S/C18H14BrClN2O3/c1-10-6-16-13(8-15(10)20)11(9-25-16)7-17(23)21-22-18(24)12-4-2-3-5-14(12)19/h2-6,8-9H,7H2,1H3,(H,21,23)(H,22,24). The van der Waals surface area contributed by atoms with Crippen molar-refractivity contribution in [1.29, 1.82) is 0 Å². The van der Waals surface area contributed by atoms with E-state index >= 15 is 0 Å². The Bertz CT molecular complexity index is 968. The number of amides is 2. The average Bonchev–Trinajstić information content (AvgIpc) is 2.95. The number of carbonyl (C=O) groups excluding carboxylic acids is 2. The van der Waals surface area contributed by atoms with Crippen LogP contribution in [0, 0.1) is 6.92 Å². The van der Waals surface area contributed by atoms with Crippen molar-refractivity contribution in [3.05, 3.63) is 68.8 Å². The molecular weight excluding hydrogens is 408 g/mol. The van der Waals surface area contributed by atoms with Gasteiger partial charge < -0.3 is 4.42 Å². The molecule has 0 fully saturated rings. The van der Waals surface area contributed by atoms with Gasteiger partial charge in [0.25, 0.3) is 5.91 Å². The van der Waals surface area contributed by atoms with E-state index in [2.05, 4.69) is 26.8 Å². The monoisotopic (exact) mass is 420 g/mol. The summed E-state index contributed by atoms with van der Waals surface area (Å²) in [6.45, 7) is 1.88. The molecule has 3 rings (SSSR count). The molecule has 0 aliphatic heterocycles. The van der Waals surface area contributed by atoms with Crippen LogP contribution in [0.25, 0.3) is 11.0 Å². The molecule has 2 aromatic carbocycles. The highest BCUT2D eigenvalue weighted by atomic mass is 79.9.